The summed E-state index contributed by atoms with van der Waals surface area (Å²) in [5.74, 6) is 0. The molecule has 0 saturated carbocycles. The van der Waals surface area contributed by atoms with Crippen LogP contribution in [0.15, 0.2) is 36.4 Å². The van der Waals surface area contributed by atoms with Crippen molar-refractivity contribution in [2.24, 2.45) is 0 Å². The molecule has 6 heteroatoms. The summed E-state index contributed by atoms with van der Waals surface area (Å²) in [5.41, 5.74) is 7.65. The molecule has 0 atom stereocenters. The Bertz CT molecular complexity index is 654. The summed E-state index contributed by atoms with van der Waals surface area (Å²) in [6.07, 6.45) is -4.34. The van der Waals surface area contributed by atoms with Gasteiger partial charge in [-0.15, -0.1) is 0 Å². The number of aryl methyl sites for hydroxylation is 1. The Morgan fingerprint density at radius 2 is 1.90 bits per heavy atom. The molecule has 0 bridgehead atoms. The van der Waals surface area contributed by atoms with E-state index in [-0.39, 0.29) is 6.54 Å². The van der Waals surface area contributed by atoms with E-state index in [1.54, 1.807) is 18.2 Å². The maximum atomic E-state index is 12.6. The molecule has 0 aliphatic heterocycles. The molecule has 0 radical (unpaired) electrons. The minimum atomic E-state index is -4.34. The molecule has 3 N–H and O–H groups in total. The van der Waals surface area contributed by atoms with Crippen molar-refractivity contribution in [1.82, 2.24) is 0 Å². The molecule has 0 fully saturated rings. The Balaban J connectivity index is 2.15. The average Bonchev–Trinajstić information content (AvgIpc) is 2.41. The third-order valence-electron chi connectivity index (χ3n) is 3.08. The summed E-state index contributed by atoms with van der Waals surface area (Å²) in [4.78, 5) is 0. The predicted molar refractivity (Wildman–Crippen MR) is 79.4 cm³/mol. The zero-order valence-corrected chi connectivity index (χ0v) is 12.0. The molecule has 112 valence electrons. The highest BCUT2D eigenvalue weighted by Crippen LogP contribution is 2.30. The standard InChI is InChI=1S/C15H14ClF3N2/c1-9-5-13(20)12(16)7-14(9)21-8-10-3-2-4-11(6-10)15(17,18)19/h2-7,21H,8,20H2,1H3. The quantitative estimate of drug-likeness (QED) is 0.794. The van der Waals surface area contributed by atoms with Gasteiger partial charge in [0.15, 0.2) is 0 Å². The summed E-state index contributed by atoms with van der Waals surface area (Å²) in [5, 5.41) is 3.48. The Labute approximate surface area is 125 Å². The van der Waals surface area contributed by atoms with E-state index in [0.29, 0.717) is 16.3 Å². The number of nitrogens with two attached hydrogens (primary N) is 1. The van der Waals surface area contributed by atoms with E-state index in [9.17, 15) is 13.2 Å². The van der Waals surface area contributed by atoms with Crippen molar-refractivity contribution in [3.8, 4) is 0 Å². The van der Waals surface area contributed by atoms with Crippen LogP contribution in [-0.2, 0) is 12.7 Å². The normalized spacial score (nSPS) is 11.5. The van der Waals surface area contributed by atoms with Crippen molar-refractivity contribution in [1.29, 1.82) is 0 Å². The van der Waals surface area contributed by atoms with Crippen molar-refractivity contribution in [2.75, 3.05) is 11.1 Å². The summed E-state index contributed by atoms with van der Waals surface area (Å²) in [7, 11) is 0. The first-order valence-electron chi connectivity index (χ1n) is 6.23. The van der Waals surface area contributed by atoms with Crippen LogP contribution < -0.4 is 11.1 Å². The molecule has 0 amide bonds. The van der Waals surface area contributed by atoms with Crippen LogP contribution in [0.4, 0.5) is 24.5 Å². The lowest BCUT2D eigenvalue weighted by molar-refractivity contribution is -0.137. The monoisotopic (exact) mass is 314 g/mol. The first-order chi connectivity index (χ1) is 9.77. The Morgan fingerprint density at radius 1 is 1.19 bits per heavy atom. The zero-order valence-electron chi connectivity index (χ0n) is 11.3. The third-order valence-corrected chi connectivity index (χ3v) is 3.41. The molecular weight excluding hydrogens is 301 g/mol. The minimum Gasteiger partial charge on any atom is -0.398 e. The van der Waals surface area contributed by atoms with Crippen LogP contribution in [0.25, 0.3) is 0 Å². The maximum Gasteiger partial charge on any atom is 0.416 e. The van der Waals surface area contributed by atoms with Crippen molar-refractivity contribution in [3.05, 3.63) is 58.1 Å². The van der Waals surface area contributed by atoms with Crippen LogP contribution in [0.5, 0.6) is 0 Å². The SMILES string of the molecule is Cc1cc(N)c(Cl)cc1NCc1cccc(C(F)(F)F)c1. The number of benzene rings is 2. The van der Waals surface area contributed by atoms with Crippen LogP contribution in [0.2, 0.25) is 5.02 Å². The summed E-state index contributed by atoms with van der Waals surface area (Å²) in [6.45, 7) is 2.12. The van der Waals surface area contributed by atoms with Crippen LogP contribution in [0.3, 0.4) is 0 Å². The molecule has 0 aromatic heterocycles. The van der Waals surface area contributed by atoms with E-state index in [2.05, 4.69) is 5.32 Å². The van der Waals surface area contributed by atoms with Gasteiger partial charge in [-0.25, -0.2) is 0 Å². The molecular formula is C15H14ClF3N2. The zero-order chi connectivity index (χ0) is 15.6. The topological polar surface area (TPSA) is 38.0 Å². The van der Waals surface area contributed by atoms with Gasteiger partial charge in [-0.2, -0.15) is 13.2 Å². The number of anilines is 2. The molecule has 0 unspecified atom stereocenters. The molecule has 0 heterocycles. The summed E-state index contributed by atoms with van der Waals surface area (Å²) >= 11 is 5.94. The Hall–Kier alpha value is -1.88. The molecule has 0 saturated heterocycles. The number of halogens is 4. The van der Waals surface area contributed by atoms with E-state index < -0.39 is 11.7 Å². The fourth-order valence-corrected chi connectivity index (χ4v) is 2.11. The van der Waals surface area contributed by atoms with Gasteiger partial charge < -0.3 is 11.1 Å². The second-order valence-corrected chi connectivity index (χ2v) is 5.15. The number of nitrogen functional groups attached to an aromatic ring is 1. The van der Waals surface area contributed by atoms with Crippen LogP contribution >= 0.6 is 11.6 Å². The Morgan fingerprint density at radius 3 is 2.57 bits per heavy atom. The smallest absolute Gasteiger partial charge is 0.398 e. The van der Waals surface area contributed by atoms with E-state index in [1.165, 1.54) is 6.07 Å². The number of hydrogen-bond donors (Lipinski definition) is 2. The lowest BCUT2D eigenvalue weighted by Gasteiger charge is -2.13. The van der Waals surface area contributed by atoms with Crippen LogP contribution in [0.1, 0.15) is 16.7 Å². The van der Waals surface area contributed by atoms with Gasteiger partial charge in [0.2, 0.25) is 0 Å². The molecule has 2 rings (SSSR count). The maximum absolute atomic E-state index is 12.6. The molecule has 2 nitrogen and oxygen atoms in total. The van der Waals surface area contributed by atoms with Gasteiger partial charge in [-0.1, -0.05) is 23.7 Å². The number of nitrogens with one attached hydrogen (secondary N) is 1. The van der Waals surface area contributed by atoms with Gasteiger partial charge in [0, 0.05) is 12.2 Å². The third kappa shape index (κ3) is 3.82. The summed E-state index contributed by atoms with van der Waals surface area (Å²) < 4.78 is 37.9. The molecule has 0 spiro atoms. The lowest BCUT2D eigenvalue weighted by atomic mass is 10.1. The fourth-order valence-electron chi connectivity index (χ4n) is 1.95. The molecule has 0 aliphatic carbocycles. The van der Waals surface area contributed by atoms with Gasteiger partial charge in [-0.3, -0.25) is 0 Å². The largest absolute Gasteiger partial charge is 0.416 e. The lowest BCUT2D eigenvalue weighted by Crippen LogP contribution is -2.07. The second-order valence-electron chi connectivity index (χ2n) is 4.74. The van der Waals surface area contributed by atoms with E-state index in [4.69, 9.17) is 17.3 Å². The highest BCUT2D eigenvalue weighted by molar-refractivity contribution is 6.33. The molecule has 2 aromatic rings. The highest BCUT2D eigenvalue weighted by atomic mass is 35.5. The van der Waals surface area contributed by atoms with Gasteiger partial charge in [0.05, 0.1) is 16.3 Å². The Kier molecular flexibility index (Phi) is 4.32. The second kappa shape index (κ2) is 5.85. The number of alkyl halides is 3. The van der Waals surface area contributed by atoms with Gasteiger partial charge in [0.1, 0.15) is 0 Å². The van der Waals surface area contributed by atoms with E-state index in [1.807, 2.05) is 6.92 Å². The minimum absolute atomic E-state index is 0.269. The van der Waals surface area contributed by atoms with Gasteiger partial charge >= 0.3 is 6.18 Å². The predicted octanol–water partition coefficient (Wildman–Crippen LogP) is 4.86. The average molecular weight is 315 g/mol. The first kappa shape index (κ1) is 15.5. The van der Waals surface area contributed by atoms with Crippen molar-refractivity contribution >= 4 is 23.0 Å². The van der Waals surface area contributed by atoms with Crippen LogP contribution in [0, 0.1) is 6.92 Å². The van der Waals surface area contributed by atoms with Gasteiger partial charge in [0.25, 0.3) is 0 Å². The first-order valence-corrected chi connectivity index (χ1v) is 6.61. The van der Waals surface area contributed by atoms with E-state index in [0.717, 1.165) is 23.4 Å². The number of rotatable bonds is 3. The van der Waals surface area contributed by atoms with Crippen molar-refractivity contribution in [3.63, 3.8) is 0 Å². The van der Waals surface area contributed by atoms with Crippen LogP contribution in [-0.4, -0.2) is 0 Å². The van der Waals surface area contributed by atoms with Gasteiger partial charge in [-0.05, 0) is 42.3 Å². The molecule has 0 aliphatic rings. The fraction of sp³-hybridized carbons (Fsp3) is 0.200. The summed E-state index contributed by atoms with van der Waals surface area (Å²) in [6, 6.07) is 8.59. The molecule has 21 heavy (non-hydrogen) atoms. The van der Waals surface area contributed by atoms with Crippen molar-refractivity contribution < 1.29 is 13.2 Å². The van der Waals surface area contributed by atoms with E-state index >= 15 is 0 Å². The number of hydrogen-bond acceptors (Lipinski definition) is 2. The highest BCUT2D eigenvalue weighted by Gasteiger charge is 2.30. The van der Waals surface area contributed by atoms with Crippen molar-refractivity contribution in [2.45, 2.75) is 19.6 Å². The molecule has 2 aromatic carbocycles.